The Morgan fingerprint density at radius 3 is 2.78 bits per heavy atom. The van der Waals surface area contributed by atoms with Gasteiger partial charge in [-0.15, -0.1) is 11.3 Å². The number of hydrogen-bond donors (Lipinski definition) is 3. The van der Waals surface area contributed by atoms with Gasteiger partial charge in [-0.05, 0) is 25.1 Å². The number of phenols is 2. The molecule has 0 aliphatic heterocycles. The van der Waals surface area contributed by atoms with E-state index in [9.17, 15) is 9.90 Å². The van der Waals surface area contributed by atoms with Crippen molar-refractivity contribution in [1.82, 2.24) is 10.3 Å². The summed E-state index contributed by atoms with van der Waals surface area (Å²) < 4.78 is 0. The zero-order chi connectivity index (χ0) is 13.1. The lowest BCUT2D eigenvalue weighted by molar-refractivity contribution is 0.0951. The molecule has 2 aromatic rings. The van der Waals surface area contributed by atoms with Crippen molar-refractivity contribution >= 4 is 17.2 Å². The number of amides is 1. The maximum atomic E-state index is 11.8. The van der Waals surface area contributed by atoms with E-state index in [0.29, 0.717) is 12.1 Å². The highest BCUT2D eigenvalue weighted by Crippen LogP contribution is 2.24. The molecule has 18 heavy (non-hydrogen) atoms. The predicted octanol–water partition coefficient (Wildman–Crippen LogP) is 1.79. The van der Waals surface area contributed by atoms with E-state index in [4.69, 9.17) is 5.11 Å². The average molecular weight is 264 g/mol. The molecule has 3 N–H and O–H groups in total. The van der Waals surface area contributed by atoms with Gasteiger partial charge in [-0.1, -0.05) is 0 Å². The Hall–Kier alpha value is -2.08. The number of nitrogens with zero attached hydrogens (tertiary/aromatic N) is 1. The van der Waals surface area contributed by atoms with Gasteiger partial charge >= 0.3 is 0 Å². The van der Waals surface area contributed by atoms with E-state index >= 15 is 0 Å². The van der Waals surface area contributed by atoms with Gasteiger partial charge in [-0.2, -0.15) is 0 Å². The van der Waals surface area contributed by atoms with Gasteiger partial charge in [0.25, 0.3) is 5.91 Å². The highest BCUT2D eigenvalue weighted by molar-refractivity contribution is 7.09. The maximum Gasteiger partial charge on any atom is 0.251 e. The quantitative estimate of drug-likeness (QED) is 0.738. The van der Waals surface area contributed by atoms with Crippen molar-refractivity contribution in [2.75, 3.05) is 0 Å². The number of aromatic nitrogens is 1. The smallest absolute Gasteiger partial charge is 0.251 e. The monoisotopic (exact) mass is 264 g/mol. The van der Waals surface area contributed by atoms with Gasteiger partial charge in [0.2, 0.25) is 0 Å². The van der Waals surface area contributed by atoms with Crippen molar-refractivity contribution in [1.29, 1.82) is 0 Å². The van der Waals surface area contributed by atoms with E-state index < -0.39 is 0 Å². The molecule has 94 valence electrons. The number of aryl methyl sites for hydroxylation is 1. The molecule has 0 atom stereocenters. The standard InChI is InChI=1S/C12H12N2O3S/c1-7-11(18-6-14-7)5-13-12(17)8-2-3-9(15)10(16)4-8/h2-4,6,15-16H,5H2,1H3,(H,13,17). The summed E-state index contributed by atoms with van der Waals surface area (Å²) in [5.74, 6) is -0.862. The molecule has 1 heterocycles. The number of carbonyl (C=O) groups excluding carboxylic acids is 1. The summed E-state index contributed by atoms with van der Waals surface area (Å²) in [5, 5.41) is 21.2. The third kappa shape index (κ3) is 2.60. The summed E-state index contributed by atoms with van der Waals surface area (Å²) in [6.45, 7) is 2.28. The summed E-state index contributed by atoms with van der Waals surface area (Å²) >= 11 is 1.48. The van der Waals surface area contributed by atoms with Gasteiger partial charge in [0.05, 0.1) is 17.7 Å². The topological polar surface area (TPSA) is 82.5 Å². The number of nitrogens with one attached hydrogen (secondary N) is 1. The second kappa shape index (κ2) is 5.05. The van der Waals surface area contributed by atoms with Crippen molar-refractivity contribution in [3.63, 3.8) is 0 Å². The van der Waals surface area contributed by atoms with Crippen molar-refractivity contribution < 1.29 is 15.0 Å². The van der Waals surface area contributed by atoms with Gasteiger partial charge in [0.1, 0.15) is 0 Å². The van der Waals surface area contributed by atoms with Crippen LogP contribution in [-0.4, -0.2) is 21.1 Å². The van der Waals surface area contributed by atoms with Crippen LogP contribution in [0.1, 0.15) is 20.9 Å². The summed E-state index contributed by atoms with van der Waals surface area (Å²) in [4.78, 5) is 16.9. The van der Waals surface area contributed by atoms with Crippen LogP contribution in [0.15, 0.2) is 23.7 Å². The fraction of sp³-hybridized carbons (Fsp3) is 0.167. The summed E-state index contributed by atoms with van der Waals surface area (Å²) in [5.41, 5.74) is 2.92. The number of hydrogen-bond acceptors (Lipinski definition) is 5. The van der Waals surface area contributed by atoms with Crippen LogP contribution in [0.25, 0.3) is 0 Å². The Labute approximate surface area is 108 Å². The fourth-order valence-electron chi connectivity index (χ4n) is 1.42. The Morgan fingerprint density at radius 2 is 2.17 bits per heavy atom. The van der Waals surface area contributed by atoms with Gasteiger partial charge < -0.3 is 15.5 Å². The van der Waals surface area contributed by atoms with Crippen LogP contribution >= 0.6 is 11.3 Å². The second-order valence-electron chi connectivity index (χ2n) is 3.75. The number of thiazole rings is 1. The number of aromatic hydroxyl groups is 2. The van der Waals surface area contributed by atoms with E-state index in [0.717, 1.165) is 10.6 Å². The minimum atomic E-state index is -0.309. The Morgan fingerprint density at radius 1 is 1.39 bits per heavy atom. The van der Waals surface area contributed by atoms with E-state index in [1.165, 1.54) is 29.5 Å². The fourth-order valence-corrected chi connectivity index (χ4v) is 2.14. The lowest BCUT2D eigenvalue weighted by atomic mass is 10.2. The van der Waals surface area contributed by atoms with Crippen molar-refractivity contribution in [2.24, 2.45) is 0 Å². The maximum absolute atomic E-state index is 11.8. The molecule has 1 aromatic heterocycles. The lowest BCUT2D eigenvalue weighted by Crippen LogP contribution is -2.22. The highest BCUT2D eigenvalue weighted by atomic mass is 32.1. The van der Waals surface area contributed by atoms with Crippen LogP contribution in [0.2, 0.25) is 0 Å². The molecule has 0 fully saturated rings. The van der Waals surface area contributed by atoms with E-state index in [-0.39, 0.29) is 17.4 Å². The van der Waals surface area contributed by atoms with Crippen LogP contribution in [0.3, 0.4) is 0 Å². The Balaban J connectivity index is 2.04. The number of rotatable bonds is 3. The predicted molar refractivity (Wildman–Crippen MR) is 67.8 cm³/mol. The Kier molecular flexibility index (Phi) is 3.47. The van der Waals surface area contributed by atoms with Crippen LogP contribution in [0, 0.1) is 6.92 Å². The van der Waals surface area contributed by atoms with Gasteiger partial charge in [-0.3, -0.25) is 4.79 Å². The SMILES string of the molecule is Cc1ncsc1CNC(=O)c1ccc(O)c(O)c1. The molecule has 0 aliphatic rings. The van der Waals surface area contributed by atoms with Crippen molar-refractivity contribution in [3.8, 4) is 11.5 Å². The molecule has 0 saturated carbocycles. The summed E-state index contributed by atoms with van der Waals surface area (Å²) in [7, 11) is 0. The molecule has 0 unspecified atom stereocenters. The van der Waals surface area contributed by atoms with Crippen LogP contribution in [-0.2, 0) is 6.54 Å². The number of phenolic OH excluding ortho intramolecular Hbond substituents is 2. The molecule has 1 aromatic carbocycles. The molecule has 0 bridgehead atoms. The molecule has 0 saturated heterocycles. The normalized spacial score (nSPS) is 10.3. The molecule has 0 aliphatic carbocycles. The third-order valence-electron chi connectivity index (χ3n) is 2.49. The first-order valence-corrected chi connectivity index (χ1v) is 6.15. The molecule has 1 amide bonds. The minimum Gasteiger partial charge on any atom is -0.504 e. The van der Waals surface area contributed by atoms with Crippen LogP contribution in [0.4, 0.5) is 0 Å². The summed E-state index contributed by atoms with van der Waals surface area (Å²) in [6, 6.07) is 3.95. The largest absolute Gasteiger partial charge is 0.504 e. The second-order valence-corrected chi connectivity index (χ2v) is 4.69. The zero-order valence-corrected chi connectivity index (χ0v) is 10.5. The minimum absolute atomic E-state index is 0.246. The van der Waals surface area contributed by atoms with E-state index in [1.807, 2.05) is 6.92 Å². The molecular weight excluding hydrogens is 252 g/mol. The number of carbonyl (C=O) groups is 1. The van der Waals surface area contributed by atoms with Crippen LogP contribution < -0.4 is 5.32 Å². The molecule has 0 radical (unpaired) electrons. The first-order chi connectivity index (χ1) is 8.58. The summed E-state index contributed by atoms with van der Waals surface area (Å²) in [6.07, 6.45) is 0. The van der Waals surface area contributed by atoms with Crippen molar-refractivity contribution in [3.05, 3.63) is 39.8 Å². The Bertz CT molecular complexity index is 580. The van der Waals surface area contributed by atoms with E-state index in [2.05, 4.69) is 10.3 Å². The lowest BCUT2D eigenvalue weighted by Gasteiger charge is -2.05. The van der Waals surface area contributed by atoms with Crippen molar-refractivity contribution in [2.45, 2.75) is 13.5 Å². The molecule has 2 rings (SSSR count). The molecule has 0 spiro atoms. The van der Waals surface area contributed by atoms with Crippen LogP contribution in [0.5, 0.6) is 11.5 Å². The first-order valence-electron chi connectivity index (χ1n) is 5.27. The van der Waals surface area contributed by atoms with Gasteiger partial charge in [-0.25, -0.2) is 4.98 Å². The van der Waals surface area contributed by atoms with Gasteiger partial charge in [0.15, 0.2) is 11.5 Å². The first kappa shape index (κ1) is 12.4. The molecular formula is C12H12N2O3S. The average Bonchev–Trinajstić information content (AvgIpc) is 2.75. The molecule has 6 heteroatoms. The van der Waals surface area contributed by atoms with E-state index in [1.54, 1.807) is 5.51 Å². The molecule has 5 nitrogen and oxygen atoms in total. The third-order valence-corrected chi connectivity index (χ3v) is 3.43. The zero-order valence-electron chi connectivity index (χ0n) is 9.67. The van der Waals surface area contributed by atoms with Gasteiger partial charge in [0, 0.05) is 10.4 Å². The number of benzene rings is 1. The highest BCUT2D eigenvalue weighted by Gasteiger charge is 2.09.